The van der Waals surface area contributed by atoms with Crippen LogP contribution in [0, 0.1) is 23.3 Å². The molecule has 0 heterocycles. The number of carbonyl (C=O) groups excluding carboxylic acids is 2. The molecule has 0 atom stereocenters. The molecule has 0 aromatic heterocycles. The molecule has 6 rings (SSSR count). The van der Waals surface area contributed by atoms with Crippen LogP contribution in [0.3, 0.4) is 0 Å². The van der Waals surface area contributed by atoms with Crippen LogP contribution >= 0.6 is 0 Å². The monoisotopic (exact) mass is 698 g/mol. The van der Waals surface area contributed by atoms with Crippen LogP contribution in [0.1, 0.15) is 58.5 Å². The molecule has 0 radical (unpaired) electrons. The van der Waals surface area contributed by atoms with Crippen molar-refractivity contribution in [3.63, 3.8) is 0 Å². The first-order valence-electron chi connectivity index (χ1n) is 16.2. The summed E-state index contributed by atoms with van der Waals surface area (Å²) in [5, 5.41) is 5.13. The fourth-order valence-corrected chi connectivity index (χ4v) is 14.9. The summed E-state index contributed by atoms with van der Waals surface area (Å²) in [5.74, 6) is -5.38. The Morgan fingerprint density at radius 2 is 0.980 bits per heavy atom. The average Bonchev–Trinajstić information content (AvgIpc) is 3.86. The molecule has 0 saturated carbocycles. The van der Waals surface area contributed by atoms with E-state index in [1.54, 1.807) is 85.0 Å². The van der Waals surface area contributed by atoms with E-state index in [-0.39, 0.29) is 35.3 Å². The van der Waals surface area contributed by atoms with E-state index in [4.69, 9.17) is 0 Å². The van der Waals surface area contributed by atoms with E-state index >= 15 is 17.6 Å². The van der Waals surface area contributed by atoms with E-state index in [1.165, 1.54) is 0 Å². The van der Waals surface area contributed by atoms with Crippen molar-refractivity contribution in [1.82, 2.24) is 0 Å². The summed E-state index contributed by atoms with van der Waals surface area (Å²) in [7, 11) is 0. The number of benzene rings is 4. The SMILES string of the molecule is CCc1ccc(C(=O)Nc2ccc(F)[c]([Ti]([C]3=CC=CC3)([C]3=CC=CC3)[c]3c(F)ccc(NC(=O)c4ccc(CC)cc4)c3F)c2F)cc1. The van der Waals surface area contributed by atoms with Crippen molar-refractivity contribution in [3.05, 3.63) is 163 Å². The predicted octanol–water partition coefficient (Wildman–Crippen LogP) is 8.66. The van der Waals surface area contributed by atoms with Crippen molar-refractivity contribution in [1.29, 1.82) is 0 Å². The van der Waals surface area contributed by atoms with Gasteiger partial charge in [0.1, 0.15) is 0 Å². The molecule has 2 N–H and O–H groups in total. The number of hydrogen-bond acceptors (Lipinski definition) is 2. The predicted molar refractivity (Wildman–Crippen MR) is 183 cm³/mol. The molecule has 0 aliphatic heterocycles. The molecule has 4 aromatic carbocycles. The Labute approximate surface area is 286 Å². The van der Waals surface area contributed by atoms with Gasteiger partial charge in [0.05, 0.1) is 0 Å². The fraction of sp³-hybridized carbons (Fsp3) is 0.150. The Morgan fingerprint density at radius 3 is 1.31 bits per heavy atom. The van der Waals surface area contributed by atoms with Gasteiger partial charge in [0.2, 0.25) is 0 Å². The van der Waals surface area contributed by atoms with E-state index in [9.17, 15) is 9.59 Å². The van der Waals surface area contributed by atoms with E-state index in [0.29, 0.717) is 7.76 Å². The zero-order valence-electron chi connectivity index (χ0n) is 27.0. The summed E-state index contributed by atoms with van der Waals surface area (Å²) in [6.07, 6.45) is 12.3. The first-order valence-corrected chi connectivity index (χ1v) is 19.3. The number of aryl methyl sites for hydroxylation is 2. The Morgan fingerprint density at radius 1 is 0.592 bits per heavy atom. The third kappa shape index (κ3) is 6.39. The molecule has 9 heteroatoms. The van der Waals surface area contributed by atoms with Gasteiger partial charge in [-0.3, -0.25) is 0 Å². The quantitative estimate of drug-likeness (QED) is 0.129. The second kappa shape index (κ2) is 14.4. The number of carbonyl (C=O) groups is 2. The van der Waals surface area contributed by atoms with Crippen LogP contribution in [0.25, 0.3) is 0 Å². The Bertz CT molecular complexity index is 1920. The molecule has 248 valence electrons. The van der Waals surface area contributed by atoms with E-state index < -0.39 is 59.4 Å². The normalized spacial score (nSPS) is 13.8. The van der Waals surface area contributed by atoms with Gasteiger partial charge in [-0.15, -0.1) is 0 Å². The van der Waals surface area contributed by atoms with E-state index in [0.717, 1.165) is 48.2 Å². The van der Waals surface area contributed by atoms with Crippen molar-refractivity contribution in [2.75, 3.05) is 10.6 Å². The standard InChI is InChI=1S/2C15H12F2NO.2C5H5.Ti/c2*1-2-10-3-5-11(6-4-10)15(19)18-14-8-7-12(16)9-13(14)17;2*1-2-4-5-3-1;/h2*3-8H,2H2,1H3,(H,18,19);2*1-3H,4H2;. The van der Waals surface area contributed by atoms with Gasteiger partial charge in [0.25, 0.3) is 0 Å². The molecule has 4 aromatic rings. The molecule has 2 amide bonds. The number of hydrogen-bond donors (Lipinski definition) is 2. The zero-order chi connectivity index (χ0) is 34.7. The van der Waals surface area contributed by atoms with Gasteiger partial charge in [-0.05, 0) is 0 Å². The van der Waals surface area contributed by atoms with Crippen LogP contribution in [-0.2, 0) is 29.4 Å². The Hall–Kier alpha value is -4.79. The van der Waals surface area contributed by atoms with Gasteiger partial charge >= 0.3 is 287 Å². The van der Waals surface area contributed by atoms with Crippen LogP contribution in [-0.4, -0.2) is 11.8 Å². The van der Waals surface area contributed by atoms with Crippen molar-refractivity contribution in [2.45, 2.75) is 39.5 Å². The maximum absolute atomic E-state index is 17.1. The molecule has 0 saturated heterocycles. The molecule has 49 heavy (non-hydrogen) atoms. The molecule has 4 nitrogen and oxygen atoms in total. The molecule has 2 aliphatic carbocycles. The number of allylic oxidation sites excluding steroid dienone is 8. The van der Waals surface area contributed by atoms with Crippen molar-refractivity contribution in [2.24, 2.45) is 0 Å². The van der Waals surface area contributed by atoms with Gasteiger partial charge in [-0.2, -0.15) is 0 Å². The van der Waals surface area contributed by atoms with Gasteiger partial charge in [0.15, 0.2) is 0 Å². The summed E-state index contributed by atoms with van der Waals surface area (Å²) in [5.41, 5.74) is 1.94. The number of halogens is 4. The van der Waals surface area contributed by atoms with Crippen LogP contribution in [0.15, 0.2) is 117 Å². The number of anilines is 2. The molecule has 0 unspecified atom stereocenters. The molecular weight excluding hydrogens is 664 g/mol. The summed E-state index contributed by atoms with van der Waals surface area (Å²) in [6, 6.07) is 17.9. The van der Waals surface area contributed by atoms with E-state index in [2.05, 4.69) is 10.6 Å². The number of rotatable bonds is 10. The zero-order valence-corrected chi connectivity index (χ0v) is 28.6. The topological polar surface area (TPSA) is 58.2 Å². The van der Waals surface area contributed by atoms with Crippen molar-refractivity contribution in [3.8, 4) is 0 Å². The van der Waals surface area contributed by atoms with E-state index in [1.807, 2.05) is 13.8 Å². The number of nitrogens with one attached hydrogen (secondary N) is 2. The average molecular weight is 699 g/mol. The number of amides is 2. The first kappa shape index (κ1) is 34.1. The van der Waals surface area contributed by atoms with Gasteiger partial charge in [-0.1, -0.05) is 0 Å². The third-order valence-electron chi connectivity index (χ3n) is 9.18. The van der Waals surface area contributed by atoms with Crippen LogP contribution < -0.4 is 18.4 Å². The third-order valence-corrected chi connectivity index (χ3v) is 17.1. The minimum absolute atomic E-state index is 0.218. The molecular formula is C40H34F4N2O2Ti. The Balaban J connectivity index is 1.52. The Kier molecular flexibility index (Phi) is 10.00. The van der Waals surface area contributed by atoms with Gasteiger partial charge in [0, 0.05) is 0 Å². The van der Waals surface area contributed by atoms with Crippen molar-refractivity contribution < 1.29 is 43.7 Å². The molecule has 2 aliphatic rings. The second-order valence-corrected chi connectivity index (χ2v) is 17.9. The van der Waals surface area contributed by atoms with Crippen molar-refractivity contribution >= 4 is 30.9 Å². The summed E-state index contributed by atoms with van der Waals surface area (Å²) >= 11 is -5.21. The maximum atomic E-state index is 17.1. The van der Waals surface area contributed by atoms with Crippen LogP contribution in [0.2, 0.25) is 0 Å². The summed E-state index contributed by atoms with van der Waals surface area (Å²) < 4.78 is 67.0. The molecule has 0 fully saturated rings. The molecule has 0 spiro atoms. The molecule has 0 bridgehead atoms. The summed E-state index contributed by atoms with van der Waals surface area (Å²) in [4.78, 5) is 26.5. The summed E-state index contributed by atoms with van der Waals surface area (Å²) in [6.45, 7) is 3.96. The van der Waals surface area contributed by atoms with Crippen LogP contribution in [0.4, 0.5) is 28.9 Å². The fourth-order valence-electron chi connectivity index (χ4n) is 6.58. The van der Waals surface area contributed by atoms with Gasteiger partial charge in [-0.25, -0.2) is 0 Å². The van der Waals surface area contributed by atoms with Gasteiger partial charge < -0.3 is 0 Å². The first-order chi connectivity index (χ1) is 23.7. The minimum atomic E-state index is -5.21. The van der Waals surface area contributed by atoms with Crippen LogP contribution in [0.5, 0.6) is 0 Å². The second-order valence-electron chi connectivity index (χ2n) is 12.0.